The van der Waals surface area contributed by atoms with E-state index < -0.39 is 6.10 Å². The largest absolute Gasteiger partial charge is 0.367 e. The summed E-state index contributed by atoms with van der Waals surface area (Å²) >= 11 is 0. The van der Waals surface area contributed by atoms with Crippen molar-refractivity contribution in [2.75, 3.05) is 19.8 Å². The van der Waals surface area contributed by atoms with E-state index in [1.165, 1.54) is 0 Å². The van der Waals surface area contributed by atoms with Crippen molar-refractivity contribution in [1.29, 1.82) is 0 Å². The molecule has 0 rings (SSSR count). The van der Waals surface area contributed by atoms with Gasteiger partial charge in [0.15, 0.2) is 10.5 Å². The predicted molar refractivity (Wildman–Crippen MR) is 50.7 cm³/mol. The molecule has 0 heterocycles. The minimum absolute atomic E-state index is 0.565. The fourth-order valence-corrected chi connectivity index (χ4v) is 1.31. The lowest BCUT2D eigenvalue weighted by Gasteiger charge is -2.31. The van der Waals surface area contributed by atoms with E-state index in [4.69, 9.17) is 13.9 Å². The summed E-state index contributed by atoms with van der Waals surface area (Å²) in [5, 5.41) is 3.02. The SMILES string of the molecule is CCNC(O[SiH3])(OCC)OCC. The van der Waals surface area contributed by atoms with E-state index in [9.17, 15) is 0 Å². The second-order valence-corrected chi connectivity index (χ2v) is 2.56. The molecule has 74 valence electrons. The predicted octanol–water partition coefficient (Wildman–Crippen LogP) is -0.423. The molecule has 0 aliphatic carbocycles. The first-order valence-electron chi connectivity index (χ1n) is 4.32. The number of ether oxygens (including phenoxy) is 2. The summed E-state index contributed by atoms with van der Waals surface area (Å²) in [5.74, 6) is 0. The summed E-state index contributed by atoms with van der Waals surface area (Å²) in [7, 11) is 0.576. The van der Waals surface area contributed by atoms with Crippen molar-refractivity contribution in [3.05, 3.63) is 0 Å². The highest BCUT2D eigenvalue weighted by molar-refractivity contribution is 5.98. The highest BCUT2D eigenvalue weighted by Crippen LogP contribution is 2.09. The number of rotatable bonds is 7. The van der Waals surface area contributed by atoms with Gasteiger partial charge in [-0.1, -0.05) is 6.92 Å². The molecule has 0 atom stereocenters. The van der Waals surface area contributed by atoms with E-state index >= 15 is 0 Å². The number of hydrogen-bond acceptors (Lipinski definition) is 4. The van der Waals surface area contributed by atoms with Crippen molar-refractivity contribution in [3.63, 3.8) is 0 Å². The molecule has 0 bridgehead atoms. The summed E-state index contributed by atoms with van der Waals surface area (Å²) in [6, 6.07) is 0. The van der Waals surface area contributed by atoms with E-state index in [-0.39, 0.29) is 0 Å². The normalized spacial score (nSPS) is 12.2. The molecule has 1 N–H and O–H groups in total. The highest BCUT2D eigenvalue weighted by atomic mass is 28.2. The van der Waals surface area contributed by atoms with Crippen LogP contribution in [0.1, 0.15) is 20.8 Å². The summed E-state index contributed by atoms with van der Waals surface area (Å²) in [4.78, 5) is 0. The maximum atomic E-state index is 5.34. The quantitative estimate of drug-likeness (QED) is 0.440. The molecule has 0 radical (unpaired) electrons. The van der Waals surface area contributed by atoms with Gasteiger partial charge in [-0.25, -0.2) is 5.32 Å². The summed E-state index contributed by atoms with van der Waals surface area (Å²) < 4.78 is 15.9. The molecule has 12 heavy (non-hydrogen) atoms. The van der Waals surface area contributed by atoms with E-state index in [1.807, 2.05) is 20.8 Å². The maximum Gasteiger partial charge on any atom is 0.340 e. The fourth-order valence-electron chi connectivity index (χ4n) is 0.930. The van der Waals surface area contributed by atoms with Gasteiger partial charge >= 0.3 is 6.10 Å². The zero-order valence-electron chi connectivity index (χ0n) is 8.35. The van der Waals surface area contributed by atoms with Gasteiger partial charge in [0.25, 0.3) is 0 Å². The van der Waals surface area contributed by atoms with Gasteiger partial charge in [0.2, 0.25) is 0 Å². The van der Waals surface area contributed by atoms with Crippen molar-refractivity contribution in [2.45, 2.75) is 26.9 Å². The first-order valence-corrected chi connectivity index (χ1v) is 5.14. The van der Waals surface area contributed by atoms with E-state index in [0.717, 1.165) is 6.54 Å². The number of hydrogen-bond donors (Lipinski definition) is 1. The Labute approximate surface area is 77.1 Å². The van der Waals surface area contributed by atoms with Crippen LogP contribution in [0.4, 0.5) is 0 Å². The van der Waals surface area contributed by atoms with Crippen LogP contribution >= 0.6 is 0 Å². The second-order valence-electron chi connectivity index (χ2n) is 2.16. The van der Waals surface area contributed by atoms with Crippen LogP contribution < -0.4 is 5.32 Å². The summed E-state index contributed by atoms with van der Waals surface area (Å²) in [5.41, 5.74) is 0. The molecule has 0 saturated heterocycles. The van der Waals surface area contributed by atoms with Gasteiger partial charge in [0.1, 0.15) is 0 Å². The molecule has 0 unspecified atom stereocenters. The minimum Gasteiger partial charge on any atom is -0.367 e. The third kappa shape index (κ3) is 3.64. The van der Waals surface area contributed by atoms with Gasteiger partial charge in [-0.3, -0.25) is 0 Å². The second kappa shape index (κ2) is 6.56. The molecule has 0 aromatic carbocycles. The summed E-state index contributed by atoms with van der Waals surface area (Å²) in [6.45, 7) is 7.68. The fraction of sp³-hybridized carbons (Fsp3) is 1.00. The van der Waals surface area contributed by atoms with Crippen LogP contribution in [0.2, 0.25) is 0 Å². The molecule has 0 fully saturated rings. The van der Waals surface area contributed by atoms with Crippen LogP contribution in [-0.2, 0) is 13.9 Å². The Hall–Kier alpha value is 0.0569. The van der Waals surface area contributed by atoms with E-state index in [0.29, 0.717) is 23.7 Å². The lowest BCUT2D eigenvalue weighted by molar-refractivity contribution is -0.357. The van der Waals surface area contributed by atoms with Gasteiger partial charge in [-0.15, -0.1) is 0 Å². The standard InChI is InChI=1S/C7H19NO3Si/c1-4-8-7(11-12,9-5-2)10-6-3/h8H,4-6H2,1-3,12H3. The molecular formula is C7H19NO3Si. The maximum absolute atomic E-state index is 5.34. The Bertz CT molecular complexity index is 95.8. The molecule has 0 amide bonds. The molecule has 5 heteroatoms. The molecule has 4 nitrogen and oxygen atoms in total. The van der Waals surface area contributed by atoms with Crippen LogP contribution in [0.15, 0.2) is 0 Å². The Morgan fingerprint density at radius 1 is 1.17 bits per heavy atom. The van der Waals surface area contributed by atoms with E-state index in [1.54, 1.807) is 0 Å². The first kappa shape index (κ1) is 12.1. The molecule has 0 aromatic rings. The lowest BCUT2D eigenvalue weighted by Crippen LogP contribution is -2.52. The first-order chi connectivity index (χ1) is 5.74. The van der Waals surface area contributed by atoms with E-state index in [2.05, 4.69) is 5.32 Å². The molecular weight excluding hydrogens is 174 g/mol. The topological polar surface area (TPSA) is 39.7 Å². The third-order valence-corrected chi connectivity index (χ3v) is 1.87. The summed E-state index contributed by atoms with van der Waals surface area (Å²) in [6.07, 6.45) is -0.996. The number of nitrogens with one attached hydrogen (secondary N) is 1. The van der Waals surface area contributed by atoms with Crippen molar-refractivity contribution < 1.29 is 13.9 Å². The Kier molecular flexibility index (Phi) is 6.59. The molecule has 0 saturated carbocycles. The van der Waals surface area contributed by atoms with Gasteiger partial charge in [0, 0.05) is 0 Å². The van der Waals surface area contributed by atoms with Crippen molar-refractivity contribution in [3.8, 4) is 0 Å². The Balaban J connectivity index is 4.06. The average Bonchev–Trinajstić information content (AvgIpc) is 2.06. The Morgan fingerprint density at radius 2 is 1.67 bits per heavy atom. The van der Waals surface area contributed by atoms with Crippen LogP contribution in [0.5, 0.6) is 0 Å². The van der Waals surface area contributed by atoms with Gasteiger partial charge in [0.05, 0.1) is 13.2 Å². The van der Waals surface area contributed by atoms with Crippen LogP contribution in [0.3, 0.4) is 0 Å². The highest BCUT2D eigenvalue weighted by Gasteiger charge is 2.29. The van der Waals surface area contributed by atoms with Crippen LogP contribution in [-0.4, -0.2) is 36.3 Å². The molecule has 0 aliphatic rings. The Morgan fingerprint density at radius 3 is 1.92 bits per heavy atom. The minimum atomic E-state index is -0.996. The zero-order chi connectivity index (χ0) is 9.45. The van der Waals surface area contributed by atoms with Crippen molar-refractivity contribution >= 4 is 10.5 Å². The van der Waals surface area contributed by atoms with Crippen LogP contribution in [0, 0.1) is 0 Å². The van der Waals surface area contributed by atoms with Gasteiger partial charge in [-0.2, -0.15) is 0 Å². The third-order valence-electron chi connectivity index (χ3n) is 1.33. The van der Waals surface area contributed by atoms with Crippen molar-refractivity contribution in [2.24, 2.45) is 0 Å². The molecule has 0 spiro atoms. The zero-order valence-corrected chi connectivity index (χ0v) is 10.3. The van der Waals surface area contributed by atoms with Crippen molar-refractivity contribution in [1.82, 2.24) is 5.32 Å². The average molecular weight is 193 g/mol. The van der Waals surface area contributed by atoms with Gasteiger partial charge in [-0.05, 0) is 20.4 Å². The lowest BCUT2D eigenvalue weighted by atomic mass is 10.7. The van der Waals surface area contributed by atoms with Gasteiger partial charge < -0.3 is 13.9 Å². The molecule has 0 aliphatic heterocycles. The smallest absolute Gasteiger partial charge is 0.340 e. The molecule has 0 aromatic heterocycles. The van der Waals surface area contributed by atoms with Crippen LogP contribution in [0.25, 0.3) is 0 Å². The monoisotopic (exact) mass is 193 g/mol.